The minimum atomic E-state index is -0.0940. The van der Waals surface area contributed by atoms with Crippen molar-refractivity contribution in [2.24, 2.45) is 0 Å². The van der Waals surface area contributed by atoms with Crippen molar-refractivity contribution in [2.45, 2.75) is 13.3 Å². The van der Waals surface area contributed by atoms with Crippen molar-refractivity contribution in [3.8, 4) is 5.69 Å². The number of aromatic amines is 1. The molecule has 3 rings (SSSR count). The van der Waals surface area contributed by atoms with Gasteiger partial charge in [-0.05, 0) is 36.8 Å². The molecule has 5 heteroatoms. The van der Waals surface area contributed by atoms with Crippen molar-refractivity contribution in [1.82, 2.24) is 14.5 Å². The Bertz CT molecular complexity index is 726. The number of hydrogen-bond acceptors (Lipinski definition) is 2. The van der Waals surface area contributed by atoms with E-state index < -0.39 is 0 Å². The van der Waals surface area contributed by atoms with Gasteiger partial charge in [-0.15, -0.1) is 0 Å². The Kier molecular flexibility index (Phi) is 3.55. The number of nitrogens with zero attached hydrogens (tertiary/aromatic N) is 2. The third kappa shape index (κ3) is 2.72. The summed E-state index contributed by atoms with van der Waals surface area (Å²) in [6, 6.07) is 9.44. The Balaban J connectivity index is 1.75. The SMILES string of the molecule is CCc1[nH]ccc1C(=O)Nc1ccc(-n2ccnc2)cc1. The summed E-state index contributed by atoms with van der Waals surface area (Å²) in [6.45, 7) is 2.02. The minimum absolute atomic E-state index is 0.0940. The molecule has 0 bridgehead atoms. The van der Waals surface area contributed by atoms with Crippen molar-refractivity contribution in [3.63, 3.8) is 0 Å². The average molecular weight is 280 g/mol. The van der Waals surface area contributed by atoms with Crippen LogP contribution in [0.2, 0.25) is 0 Å². The number of carbonyl (C=O) groups excluding carboxylic acids is 1. The number of carbonyl (C=O) groups is 1. The molecule has 3 aromatic rings. The van der Waals surface area contributed by atoms with Gasteiger partial charge in [0, 0.05) is 35.7 Å². The van der Waals surface area contributed by atoms with Gasteiger partial charge in [-0.3, -0.25) is 4.79 Å². The zero-order valence-electron chi connectivity index (χ0n) is 11.7. The van der Waals surface area contributed by atoms with E-state index in [1.807, 2.05) is 42.0 Å². The fourth-order valence-corrected chi connectivity index (χ4v) is 2.24. The van der Waals surface area contributed by atoms with E-state index in [0.717, 1.165) is 23.5 Å². The van der Waals surface area contributed by atoms with Gasteiger partial charge in [0.2, 0.25) is 0 Å². The number of nitrogens with one attached hydrogen (secondary N) is 2. The summed E-state index contributed by atoms with van der Waals surface area (Å²) in [5, 5.41) is 2.91. The first-order valence-electron chi connectivity index (χ1n) is 6.84. The Morgan fingerprint density at radius 3 is 2.76 bits per heavy atom. The Hall–Kier alpha value is -2.82. The highest BCUT2D eigenvalue weighted by atomic mass is 16.1. The smallest absolute Gasteiger partial charge is 0.257 e. The van der Waals surface area contributed by atoms with Crippen LogP contribution >= 0.6 is 0 Å². The molecule has 0 aliphatic heterocycles. The van der Waals surface area contributed by atoms with Crippen LogP contribution in [0, 0.1) is 0 Å². The molecular weight excluding hydrogens is 264 g/mol. The second-order valence-corrected chi connectivity index (χ2v) is 4.69. The van der Waals surface area contributed by atoms with Crippen molar-refractivity contribution < 1.29 is 4.79 Å². The second-order valence-electron chi connectivity index (χ2n) is 4.69. The molecule has 2 aromatic heterocycles. The number of amides is 1. The predicted octanol–water partition coefficient (Wildman–Crippen LogP) is 3.02. The minimum Gasteiger partial charge on any atom is -0.364 e. The van der Waals surface area contributed by atoms with Crippen LogP contribution in [-0.4, -0.2) is 20.4 Å². The van der Waals surface area contributed by atoms with Crippen LogP contribution in [0.4, 0.5) is 5.69 Å². The number of rotatable bonds is 4. The molecule has 2 N–H and O–H groups in total. The highest BCUT2D eigenvalue weighted by Crippen LogP contribution is 2.15. The van der Waals surface area contributed by atoms with Crippen LogP contribution in [0.3, 0.4) is 0 Å². The van der Waals surface area contributed by atoms with E-state index in [0.29, 0.717) is 5.56 Å². The third-order valence-corrected chi connectivity index (χ3v) is 3.36. The number of aromatic nitrogens is 3. The van der Waals surface area contributed by atoms with E-state index >= 15 is 0 Å². The lowest BCUT2D eigenvalue weighted by Gasteiger charge is -2.07. The third-order valence-electron chi connectivity index (χ3n) is 3.36. The molecule has 2 heterocycles. The zero-order valence-corrected chi connectivity index (χ0v) is 11.7. The topological polar surface area (TPSA) is 62.7 Å². The maximum atomic E-state index is 12.2. The summed E-state index contributed by atoms with van der Waals surface area (Å²) in [7, 11) is 0. The largest absolute Gasteiger partial charge is 0.364 e. The average Bonchev–Trinajstić information content (AvgIpc) is 3.19. The molecule has 0 fully saturated rings. The number of aryl methyl sites for hydroxylation is 1. The van der Waals surface area contributed by atoms with E-state index in [1.165, 1.54) is 0 Å². The van der Waals surface area contributed by atoms with Crippen LogP contribution in [0.1, 0.15) is 23.0 Å². The summed E-state index contributed by atoms with van der Waals surface area (Å²) >= 11 is 0. The normalized spacial score (nSPS) is 10.5. The Labute approximate surface area is 122 Å². The molecule has 0 aliphatic rings. The predicted molar refractivity (Wildman–Crippen MR) is 81.7 cm³/mol. The maximum Gasteiger partial charge on any atom is 0.257 e. The Morgan fingerprint density at radius 2 is 2.10 bits per heavy atom. The highest BCUT2D eigenvalue weighted by molar-refractivity contribution is 6.05. The van der Waals surface area contributed by atoms with Crippen LogP contribution in [0.5, 0.6) is 0 Å². The van der Waals surface area contributed by atoms with E-state index in [9.17, 15) is 4.79 Å². The van der Waals surface area contributed by atoms with Gasteiger partial charge in [-0.25, -0.2) is 4.98 Å². The molecule has 1 amide bonds. The van der Waals surface area contributed by atoms with Gasteiger partial charge < -0.3 is 14.9 Å². The molecular formula is C16H16N4O. The molecule has 0 saturated carbocycles. The van der Waals surface area contributed by atoms with Gasteiger partial charge in [-0.2, -0.15) is 0 Å². The van der Waals surface area contributed by atoms with Crippen LogP contribution in [0.25, 0.3) is 5.69 Å². The standard InChI is InChI=1S/C16H16N4O/c1-2-15-14(7-8-18-15)16(21)19-12-3-5-13(6-4-12)20-10-9-17-11-20/h3-11,18H,2H2,1H3,(H,19,21). The first-order chi connectivity index (χ1) is 10.3. The molecule has 0 unspecified atom stereocenters. The zero-order chi connectivity index (χ0) is 14.7. The molecule has 0 saturated heterocycles. The van der Waals surface area contributed by atoms with Crippen molar-refractivity contribution in [1.29, 1.82) is 0 Å². The maximum absolute atomic E-state index is 12.2. The van der Waals surface area contributed by atoms with E-state index in [-0.39, 0.29) is 5.91 Å². The number of anilines is 1. The quantitative estimate of drug-likeness (QED) is 0.771. The molecule has 0 spiro atoms. The number of imidazole rings is 1. The number of hydrogen-bond donors (Lipinski definition) is 2. The molecule has 0 radical (unpaired) electrons. The molecule has 106 valence electrons. The summed E-state index contributed by atoms with van der Waals surface area (Å²) < 4.78 is 1.91. The van der Waals surface area contributed by atoms with Crippen LogP contribution in [0.15, 0.2) is 55.2 Å². The number of H-pyrrole nitrogens is 1. The number of benzene rings is 1. The molecule has 0 aliphatic carbocycles. The van der Waals surface area contributed by atoms with Gasteiger partial charge in [-0.1, -0.05) is 6.92 Å². The van der Waals surface area contributed by atoms with Crippen molar-refractivity contribution in [3.05, 3.63) is 66.5 Å². The van der Waals surface area contributed by atoms with E-state index in [2.05, 4.69) is 15.3 Å². The summed E-state index contributed by atoms with van der Waals surface area (Å²) in [6.07, 6.45) is 7.93. The van der Waals surface area contributed by atoms with Crippen LogP contribution < -0.4 is 5.32 Å². The fourth-order valence-electron chi connectivity index (χ4n) is 2.24. The van der Waals surface area contributed by atoms with Gasteiger partial charge in [0.15, 0.2) is 0 Å². The lowest BCUT2D eigenvalue weighted by atomic mass is 10.2. The Morgan fingerprint density at radius 1 is 1.29 bits per heavy atom. The highest BCUT2D eigenvalue weighted by Gasteiger charge is 2.11. The second kappa shape index (κ2) is 5.66. The lowest BCUT2D eigenvalue weighted by Crippen LogP contribution is -2.13. The summed E-state index contributed by atoms with van der Waals surface area (Å²) in [4.78, 5) is 19.3. The molecule has 5 nitrogen and oxygen atoms in total. The fraction of sp³-hybridized carbons (Fsp3) is 0.125. The monoisotopic (exact) mass is 280 g/mol. The first kappa shape index (κ1) is 13.2. The summed E-state index contributed by atoms with van der Waals surface area (Å²) in [5.41, 5.74) is 3.41. The van der Waals surface area contributed by atoms with Gasteiger partial charge in [0.05, 0.1) is 11.9 Å². The van der Waals surface area contributed by atoms with Gasteiger partial charge in [0.25, 0.3) is 5.91 Å². The van der Waals surface area contributed by atoms with Gasteiger partial charge >= 0.3 is 0 Å². The molecule has 1 aromatic carbocycles. The molecule has 21 heavy (non-hydrogen) atoms. The summed E-state index contributed by atoms with van der Waals surface area (Å²) in [5.74, 6) is -0.0940. The van der Waals surface area contributed by atoms with Crippen LogP contribution in [-0.2, 0) is 6.42 Å². The first-order valence-corrected chi connectivity index (χ1v) is 6.84. The van der Waals surface area contributed by atoms with Crippen molar-refractivity contribution >= 4 is 11.6 Å². The van der Waals surface area contributed by atoms with Gasteiger partial charge in [0.1, 0.15) is 0 Å². The van der Waals surface area contributed by atoms with E-state index in [4.69, 9.17) is 0 Å². The van der Waals surface area contributed by atoms with E-state index in [1.54, 1.807) is 24.8 Å². The lowest BCUT2D eigenvalue weighted by molar-refractivity contribution is 0.102. The van der Waals surface area contributed by atoms with Crippen molar-refractivity contribution in [2.75, 3.05) is 5.32 Å². The molecule has 0 atom stereocenters.